The second kappa shape index (κ2) is 9.46. The van der Waals surface area contributed by atoms with E-state index in [0.29, 0.717) is 17.2 Å². The summed E-state index contributed by atoms with van der Waals surface area (Å²) in [6, 6.07) is 24.7. The van der Waals surface area contributed by atoms with Crippen LogP contribution in [0.4, 0.5) is 0 Å². The molecule has 0 aromatic heterocycles. The Kier molecular flexibility index (Phi) is 6.53. The summed E-state index contributed by atoms with van der Waals surface area (Å²) in [7, 11) is 3.17. The number of methoxy groups -OCH3 is 2. The maximum atomic E-state index is 13.1. The van der Waals surface area contributed by atoms with Crippen molar-refractivity contribution >= 4 is 11.6 Å². The number of hydrazine groups is 1. The van der Waals surface area contributed by atoms with Gasteiger partial charge in [0.2, 0.25) is 5.91 Å². The van der Waals surface area contributed by atoms with Gasteiger partial charge in [0.05, 0.1) is 25.8 Å². The van der Waals surface area contributed by atoms with Gasteiger partial charge >= 0.3 is 0 Å². The lowest BCUT2D eigenvalue weighted by molar-refractivity contribution is -0.122. The van der Waals surface area contributed by atoms with Crippen LogP contribution in [0.25, 0.3) is 5.70 Å². The molecule has 5 heteroatoms. The van der Waals surface area contributed by atoms with Crippen LogP contribution in [0, 0.1) is 0 Å². The van der Waals surface area contributed by atoms with Gasteiger partial charge in [-0.15, -0.1) is 0 Å². The number of hydrogen-bond donors (Lipinski definition) is 2. The maximum absolute atomic E-state index is 13.1. The van der Waals surface area contributed by atoms with Crippen molar-refractivity contribution < 1.29 is 14.3 Å². The molecule has 0 saturated heterocycles. The molecule has 29 heavy (non-hydrogen) atoms. The van der Waals surface area contributed by atoms with Crippen LogP contribution in [0.5, 0.6) is 11.5 Å². The highest BCUT2D eigenvalue weighted by Gasteiger charge is 2.22. The largest absolute Gasteiger partial charge is 0.497 e. The predicted molar refractivity (Wildman–Crippen MR) is 115 cm³/mol. The van der Waals surface area contributed by atoms with Crippen LogP contribution in [0.3, 0.4) is 0 Å². The monoisotopic (exact) mass is 388 g/mol. The molecule has 0 bridgehead atoms. The third kappa shape index (κ3) is 4.76. The van der Waals surface area contributed by atoms with E-state index in [-0.39, 0.29) is 5.91 Å². The summed E-state index contributed by atoms with van der Waals surface area (Å²) in [4.78, 5) is 13.1. The lowest BCUT2D eigenvalue weighted by atomic mass is 9.91. The molecule has 0 atom stereocenters. The van der Waals surface area contributed by atoms with Crippen molar-refractivity contribution in [1.82, 2.24) is 10.9 Å². The molecule has 0 spiro atoms. The minimum atomic E-state index is -0.449. The van der Waals surface area contributed by atoms with Gasteiger partial charge in [0.1, 0.15) is 11.5 Å². The van der Waals surface area contributed by atoms with E-state index in [1.165, 1.54) is 0 Å². The Morgan fingerprint density at radius 3 is 1.93 bits per heavy atom. The molecule has 0 unspecified atom stereocenters. The zero-order valence-corrected chi connectivity index (χ0v) is 16.5. The molecule has 3 aromatic rings. The van der Waals surface area contributed by atoms with Gasteiger partial charge in [0.25, 0.3) is 0 Å². The van der Waals surface area contributed by atoms with Crippen molar-refractivity contribution in [3.05, 3.63) is 102 Å². The van der Waals surface area contributed by atoms with Crippen molar-refractivity contribution in [3.8, 4) is 11.5 Å². The molecule has 0 fully saturated rings. The zero-order valence-electron chi connectivity index (χ0n) is 16.5. The van der Waals surface area contributed by atoms with Gasteiger partial charge in [-0.25, -0.2) is 0 Å². The van der Waals surface area contributed by atoms with E-state index in [4.69, 9.17) is 9.47 Å². The van der Waals surface area contributed by atoms with Gasteiger partial charge in [-0.1, -0.05) is 67.2 Å². The molecule has 0 saturated carbocycles. The highest BCUT2D eigenvalue weighted by Crippen LogP contribution is 2.28. The fraction of sp³-hybridized carbons (Fsp3) is 0.125. The van der Waals surface area contributed by atoms with Crippen LogP contribution in [-0.2, 0) is 4.79 Å². The van der Waals surface area contributed by atoms with Gasteiger partial charge in [-0.05, 0) is 23.3 Å². The predicted octanol–water partition coefficient (Wildman–Crippen LogP) is 4.13. The van der Waals surface area contributed by atoms with Crippen LogP contribution >= 0.6 is 0 Å². The Balaban J connectivity index is 1.78. The third-order valence-electron chi connectivity index (χ3n) is 4.60. The Bertz CT molecular complexity index is 932. The average molecular weight is 388 g/mol. The van der Waals surface area contributed by atoms with E-state index in [1.54, 1.807) is 20.3 Å². The molecule has 0 radical (unpaired) electrons. The van der Waals surface area contributed by atoms with E-state index >= 15 is 0 Å². The number of carbonyl (C=O) groups is 1. The highest BCUT2D eigenvalue weighted by atomic mass is 16.5. The van der Waals surface area contributed by atoms with Crippen LogP contribution in [-0.4, -0.2) is 20.1 Å². The minimum absolute atomic E-state index is 0.184. The summed E-state index contributed by atoms with van der Waals surface area (Å²) in [5, 5.41) is 0. The molecule has 0 heterocycles. The Morgan fingerprint density at radius 1 is 0.828 bits per heavy atom. The molecule has 0 aliphatic carbocycles. The zero-order chi connectivity index (χ0) is 20.6. The number of nitrogens with one attached hydrogen (secondary N) is 2. The number of rotatable bonds is 8. The first kappa shape index (κ1) is 20.0. The van der Waals surface area contributed by atoms with Crippen molar-refractivity contribution in [2.24, 2.45) is 0 Å². The molecule has 2 N–H and O–H groups in total. The summed E-state index contributed by atoms with van der Waals surface area (Å²) >= 11 is 0. The maximum Gasteiger partial charge on any atom is 0.250 e. The first-order chi connectivity index (χ1) is 14.1. The van der Waals surface area contributed by atoms with Crippen molar-refractivity contribution in [1.29, 1.82) is 0 Å². The lowest BCUT2D eigenvalue weighted by Crippen LogP contribution is -2.39. The van der Waals surface area contributed by atoms with Crippen LogP contribution in [0.15, 0.2) is 85.4 Å². The fourth-order valence-corrected chi connectivity index (χ4v) is 3.11. The molecular weight excluding hydrogens is 364 g/mol. The summed E-state index contributed by atoms with van der Waals surface area (Å²) in [5.41, 5.74) is 8.75. The number of ether oxygens (including phenoxy) is 2. The van der Waals surface area contributed by atoms with E-state index in [0.717, 1.165) is 16.7 Å². The smallest absolute Gasteiger partial charge is 0.250 e. The van der Waals surface area contributed by atoms with Crippen molar-refractivity contribution in [2.75, 3.05) is 14.2 Å². The quantitative estimate of drug-likeness (QED) is 0.570. The van der Waals surface area contributed by atoms with Gasteiger partial charge in [0.15, 0.2) is 0 Å². The first-order valence-electron chi connectivity index (χ1n) is 9.21. The van der Waals surface area contributed by atoms with Crippen LogP contribution < -0.4 is 20.3 Å². The molecule has 0 aliphatic rings. The summed E-state index contributed by atoms with van der Waals surface area (Å²) < 4.78 is 10.6. The number of carbonyl (C=O) groups excluding carboxylic acids is 1. The molecular formula is C24H24N2O3. The Morgan fingerprint density at radius 2 is 1.41 bits per heavy atom. The number of hydrogen-bond acceptors (Lipinski definition) is 4. The first-order valence-corrected chi connectivity index (χ1v) is 9.21. The Hall–Kier alpha value is -3.73. The highest BCUT2D eigenvalue weighted by molar-refractivity contribution is 5.87. The minimum Gasteiger partial charge on any atom is -0.497 e. The third-order valence-corrected chi connectivity index (χ3v) is 4.60. The molecule has 0 aliphatic heterocycles. The molecule has 5 nitrogen and oxygen atoms in total. The SMILES string of the molecule is C=C(NNC(=O)C(c1ccccc1)c1ccccc1)c1ccc(OC)cc1OC. The van der Waals surface area contributed by atoms with Crippen molar-refractivity contribution in [3.63, 3.8) is 0 Å². The van der Waals surface area contributed by atoms with E-state index < -0.39 is 5.92 Å². The number of benzene rings is 3. The van der Waals surface area contributed by atoms with E-state index in [9.17, 15) is 4.79 Å². The summed E-state index contributed by atoms with van der Waals surface area (Å²) in [5.74, 6) is 0.640. The Labute approximate surface area is 171 Å². The van der Waals surface area contributed by atoms with Gasteiger partial charge in [0, 0.05) is 11.6 Å². The second-order valence-corrected chi connectivity index (χ2v) is 6.41. The van der Waals surface area contributed by atoms with Crippen LogP contribution in [0.2, 0.25) is 0 Å². The topological polar surface area (TPSA) is 59.6 Å². The molecule has 148 valence electrons. The van der Waals surface area contributed by atoms with E-state index in [2.05, 4.69) is 17.4 Å². The van der Waals surface area contributed by atoms with Crippen molar-refractivity contribution in [2.45, 2.75) is 5.92 Å². The van der Waals surface area contributed by atoms with Gasteiger partial charge in [-0.2, -0.15) is 0 Å². The number of amides is 1. The molecule has 3 rings (SSSR count). The normalized spacial score (nSPS) is 10.3. The van der Waals surface area contributed by atoms with Gasteiger partial charge in [-0.3, -0.25) is 15.6 Å². The molecule has 3 aromatic carbocycles. The standard InChI is InChI=1S/C24H24N2O3/c1-17(21-15-14-20(28-2)16-22(21)29-3)25-26-24(27)23(18-10-6-4-7-11-18)19-12-8-5-9-13-19/h4-16,23,25H,1H2,2-3H3,(H,26,27). The second-order valence-electron chi connectivity index (χ2n) is 6.41. The molecule has 1 amide bonds. The summed E-state index contributed by atoms with van der Waals surface area (Å²) in [6.45, 7) is 4.02. The van der Waals surface area contributed by atoms with Crippen LogP contribution in [0.1, 0.15) is 22.6 Å². The van der Waals surface area contributed by atoms with Gasteiger partial charge < -0.3 is 9.47 Å². The average Bonchev–Trinajstić information content (AvgIpc) is 2.78. The summed E-state index contributed by atoms with van der Waals surface area (Å²) in [6.07, 6.45) is 0. The fourth-order valence-electron chi connectivity index (χ4n) is 3.11. The van der Waals surface area contributed by atoms with E-state index in [1.807, 2.05) is 72.8 Å². The lowest BCUT2D eigenvalue weighted by Gasteiger charge is -2.20.